The van der Waals surface area contributed by atoms with Crippen molar-refractivity contribution in [1.82, 2.24) is 0 Å². The summed E-state index contributed by atoms with van der Waals surface area (Å²) in [5, 5.41) is 1.32. The van der Waals surface area contributed by atoms with Crippen molar-refractivity contribution in [3.8, 4) is 0 Å². The van der Waals surface area contributed by atoms with E-state index < -0.39 is 0 Å². The Balaban J connectivity index is 2.20. The maximum absolute atomic E-state index is 3.75. The third-order valence-corrected chi connectivity index (χ3v) is 6.26. The number of rotatable bonds is 6. The summed E-state index contributed by atoms with van der Waals surface area (Å²) < 4.78 is 1.51. The van der Waals surface area contributed by atoms with Crippen LogP contribution in [0, 0.1) is 0 Å². The Hall–Kier alpha value is 0.219. The van der Waals surface area contributed by atoms with E-state index in [1.807, 2.05) is 0 Å². The van der Waals surface area contributed by atoms with E-state index in [1.165, 1.54) is 29.0 Å². The van der Waals surface area contributed by atoms with Gasteiger partial charge in [-0.25, -0.2) is 0 Å². The predicted molar refractivity (Wildman–Crippen MR) is 68.9 cm³/mol. The molecule has 0 aliphatic heterocycles. The fourth-order valence-electron chi connectivity index (χ4n) is 1.21. The maximum atomic E-state index is 3.75. The van der Waals surface area contributed by atoms with E-state index in [9.17, 15) is 0 Å². The molecular formula is C12H17BrSe. The van der Waals surface area contributed by atoms with Crippen LogP contribution < -0.4 is 4.46 Å². The third kappa shape index (κ3) is 5.19. The molecule has 1 rings (SSSR count). The Morgan fingerprint density at radius 2 is 2.00 bits per heavy atom. The summed E-state index contributed by atoms with van der Waals surface area (Å²) in [7, 11) is 0. The average molecular weight is 320 g/mol. The second-order valence-electron chi connectivity index (χ2n) is 3.36. The van der Waals surface area contributed by atoms with Gasteiger partial charge in [-0.3, -0.25) is 0 Å². The summed E-state index contributed by atoms with van der Waals surface area (Å²) in [6.45, 7) is 2.25. The molecule has 0 aliphatic carbocycles. The molecule has 2 heteroatoms. The molecule has 0 heterocycles. The minimum absolute atomic E-state index is 0.642. The first-order valence-corrected chi connectivity index (χ1v) is 8.13. The number of benzene rings is 1. The van der Waals surface area contributed by atoms with Crippen LogP contribution in [-0.4, -0.2) is 19.8 Å². The Morgan fingerprint density at radius 1 is 1.29 bits per heavy atom. The van der Waals surface area contributed by atoms with Crippen molar-refractivity contribution in [3.05, 3.63) is 30.3 Å². The van der Waals surface area contributed by atoms with Crippen molar-refractivity contribution in [2.45, 2.75) is 36.3 Å². The molecule has 0 spiro atoms. The van der Waals surface area contributed by atoms with Crippen molar-refractivity contribution in [1.29, 1.82) is 0 Å². The number of hydrogen-bond acceptors (Lipinski definition) is 0. The first-order chi connectivity index (χ1) is 6.83. The Kier molecular flexibility index (Phi) is 6.59. The third-order valence-electron chi connectivity index (χ3n) is 2.04. The van der Waals surface area contributed by atoms with Gasteiger partial charge in [0.2, 0.25) is 0 Å². The molecule has 14 heavy (non-hydrogen) atoms. The van der Waals surface area contributed by atoms with Gasteiger partial charge in [-0.2, -0.15) is 0 Å². The molecule has 0 amide bonds. The molecule has 0 nitrogen and oxygen atoms in total. The topological polar surface area (TPSA) is 0 Å². The average Bonchev–Trinajstić information content (AvgIpc) is 2.25. The summed E-state index contributed by atoms with van der Waals surface area (Å²) in [4.78, 5) is 0.725. The summed E-state index contributed by atoms with van der Waals surface area (Å²) in [6.07, 6.45) is 3.98. The molecule has 1 aromatic carbocycles. The summed E-state index contributed by atoms with van der Waals surface area (Å²) >= 11 is 4.39. The Labute approximate surface area is 102 Å². The van der Waals surface area contributed by atoms with Crippen LogP contribution >= 0.6 is 15.9 Å². The summed E-state index contributed by atoms with van der Waals surface area (Å²) in [6, 6.07) is 10.8. The molecule has 0 bridgehead atoms. The molecule has 78 valence electrons. The SMILES string of the molecule is CCCCC(Br)C[Se]c1ccccc1. The number of halogens is 1. The van der Waals surface area contributed by atoms with E-state index in [0.29, 0.717) is 15.0 Å². The molecule has 0 aromatic heterocycles. The van der Waals surface area contributed by atoms with Gasteiger partial charge >= 0.3 is 102 Å². The quantitative estimate of drug-likeness (QED) is 0.557. The molecule has 0 saturated heterocycles. The number of hydrogen-bond donors (Lipinski definition) is 0. The minimum atomic E-state index is 0.642. The standard InChI is InChI=1S/C12H17BrSe/c1-2-3-7-11(13)10-14-12-8-5-4-6-9-12/h4-6,8-9,11H,2-3,7,10H2,1H3. The van der Waals surface area contributed by atoms with Crippen molar-refractivity contribution in [2.24, 2.45) is 0 Å². The summed E-state index contributed by atoms with van der Waals surface area (Å²) in [5.74, 6) is 0. The van der Waals surface area contributed by atoms with Gasteiger partial charge in [0.25, 0.3) is 0 Å². The van der Waals surface area contributed by atoms with Gasteiger partial charge in [0.05, 0.1) is 0 Å². The Bertz CT molecular complexity index is 235. The van der Waals surface area contributed by atoms with Gasteiger partial charge in [-0.15, -0.1) is 0 Å². The van der Waals surface area contributed by atoms with Crippen LogP contribution in [0.15, 0.2) is 30.3 Å². The van der Waals surface area contributed by atoms with Crippen LogP contribution in [0.1, 0.15) is 26.2 Å². The first-order valence-electron chi connectivity index (χ1n) is 5.15. The van der Waals surface area contributed by atoms with Crippen LogP contribution in [0.4, 0.5) is 0 Å². The van der Waals surface area contributed by atoms with E-state index in [2.05, 4.69) is 53.2 Å². The molecule has 0 radical (unpaired) electrons. The molecule has 0 saturated carbocycles. The van der Waals surface area contributed by atoms with Crippen LogP contribution in [0.2, 0.25) is 5.32 Å². The normalized spacial score (nSPS) is 12.7. The van der Waals surface area contributed by atoms with Crippen LogP contribution in [0.25, 0.3) is 0 Å². The monoisotopic (exact) mass is 320 g/mol. The van der Waals surface area contributed by atoms with Crippen molar-refractivity contribution in [2.75, 3.05) is 0 Å². The molecule has 1 aromatic rings. The second-order valence-corrected chi connectivity index (χ2v) is 6.95. The van der Waals surface area contributed by atoms with Gasteiger partial charge in [-0.1, -0.05) is 0 Å². The van der Waals surface area contributed by atoms with Gasteiger partial charge in [-0.05, 0) is 0 Å². The van der Waals surface area contributed by atoms with E-state index in [4.69, 9.17) is 0 Å². The van der Waals surface area contributed by atoms with Crippen LogP contribution in [-0.2, 0) is 0 Å². The summed E-state index contributed by atoms with van der Waals surface area (Å²) in [5.41, 5.74) is 0. The van der Waals surface area contributed by atoms with E-state index in [-0.39, 0.29) is 0 Å². The van der Waals surface area contributed by atoms with Gasteiger partial charge in [0, 0.05) is 0 Å². The predicted octanol–water partition coefficient (Wildman–Crippen LogP) is 3.39. The molecule has 1 atom stereocenters. The van der Waals surface area contributed by atoms with E-state index in [1.54, 1.807) is 0 Å². The van der Waals surface area contributed by atoms with Crippen molar-refractivity contribution < 1.29 is 0 Å². The van der Waals surface area contributed by atoms with E-state index in [0.717, 1.165) is 4.83 Å². The van der Waals surface area contributed by atoms with Crippen LogP contribution in [0.5, 0.6) is 0 Å². The van der Waals surface area contributed by atoms with Crippen molar-refractivity contribution in [3.63, 3.8) is 0 Å². The molecular weight excluding hydrogens is 303 g/mol. The first kappa shape index (κ1) is 12.3. The fourth-order valence-corrected chi connectivity index (χ4v) is 4.09. The zero-order chi connectivity index (χ0) is 10.2. The fraction of sp³-hybridized carbons (Fsp3) is 0.500. The van der Waals surface area contributed by atoms with Gasteiger partial charge < -0.3 is 0 Å². The number of alkyl halides is 1. The van der Waals surface area contributed by atoms with Crippen molar-refractivity contribution >= 4 is 35.3 Å². The molecule has 0 fully saturated rings. The molecule has 0 N–H and O–H groups in total. The van der Waals surface area contributed by atoms with E-state index >= 15 is 0 Å². The molecule has 0 aliphatic rings. The molecule has 1 unspecified atom stereocenters. The zero-order valence-corrected chi connectivity index (χ0v) is 11.9. The second kappa shape index (κ2) is 7.50. The zero-order valence-electron chi connectivity index (χ0n) is 8.58. The Morgan fingerprint density at radius 3 is 2.64 bits per heavy atom. The van der Waals surface area contributed by atoms with Gasteiger partial charge in [0.1, 0.15) is 0 Å². The van der Waals surface area contributed by atoms with Crippen LogP contribution in [0.3, 0.4) is 0 Å². The van der Waals surface area contributed by atoms with Gasteiger partial charge in [0.15, 0.2) is 0 Å². The number of unbranched alkanes of at least 4 members (excludes halogenated alkanes) is 1.